The fraction of sp³-hybridized carbons (Fsp3) is 0.533. The minimum absolute atomic E-state index is 0.0655. The molecular formula is C15H22N4O4. The van der Waals surface area contributed by atoms with Crippen molar-refractivity contribution in [3.05, 3.63) is 23.2 Å². The summed E-state index contributed by atoms with van der Waals surface area (Å²) in [5.74, 6) is 0.695. The van der Waals surface area contributed by atoms with Crippen LogP contribution in [0.5, 0.6) is 0 Å². The van der Waals surface area contributed by atoms with E-state index in [2.05, 4.69) is 5.32 Å². The number of nitrogens with two attached hydrogens (primary N) is 1. The number of nitrogens with zero attached hydrogens (tertiary/aromatic N) is 2. The summed E-state index contributed by atoms with van der Waals surface area (Å²) in [6.45, 7) is 5.16. The molecule has 23 heavy (non-hydrogen) atoms. The highest BCUT2D eigenvalue weighted by Gasteiger charge is 2.26. The van der Waals surface area contributed by atoms with Gasteiger partial charge in [0.05, 0.1) is 18.7 Å². The first-order valence-corrected chi connectivity index (χ1v) is 7.53. The van der Waals surface area contributed by atoms with Crippen LogP contribution in [0.25, 0.3) is 0 Å². The zero-order valence-corrected chi connectivity index (χ0v) is 13.4. The van der Waals surface area contributed by atoms with Crippen LogP contribution in [0.2, 0.25) is 0 Å². The summed E-state index contributed by atoms with van der Waals surface area (Å²) in [4.78, 5) is 38.8. The Morgan fingerprint density at radius 3 is 2.30 bits per heavy atom. The molecule has 1 aromatic heterocycles. The number of piperazine rings is 1. The van der Waals surface area contributed by atoms with Crippen LogP contribution < -0.4 is 11.1 Å². The van der Waals surface area contributed by atoms with E-state index in [4.69, 9.17) is 10.2 Å². The van der Waals surface area contributed by atoms with Crippen molar-refractivity contribution in [3.63, 3.8) is 0 Å². The molecule has 0 bridgehead atoms. The van der Waals surface area contributed by atoms with Crippen LogP contribution >= 0.6 is 0 Å². The lowest BCUT2D eigenvalue weighted by Crippen LogP contribution is -2.52. The zero-order valence-electron chi connectivity index (χ0n) is 13.4. The van der Waals surface area contributed by atoms with Crippen molar-refractivity contribution in [3.8, 4) is 0 Å². The highest BCUT2D eigenvalue weighted by atomic mass is 16.3. The number of hydrogen-bond acceptors (Lipinski definition) is 5. The smallest absolute Gasteiger partial charge is 0.257 e. The molecule has 8 heteroatoms. The van der Waals surface area contributed by atoms with Crippen molar-refractivity contribution in [1.29, 1.82) is 0 Å². The van der Waals surface area contributed by atoms with Crippen molar-refractivity contribution < 1.29 is 18.8 Å². The molecule has 1 fully saturated rings. The minimum atomic E-state index is -0.363. The molecule has 0 saturated carbocycles. The summed E-state index contributed by atoms with van der Waals surface area (Å²) in [7, 11) is 0. The number of amides is 3. The van der Waals surface area contributed by atoms with Crippen molar-refractivity contribution in [2.45, 2.75) is 13.8 Å². The Kier molecular flexibility index (Phi) is 5.38. The summed E-state index contributed by atoms with van der Waals surface area (Å²) < 4.78 is 5.39. The second-order valence-corrected chi connectivity index (χ2v) is 5.48. The van der Waals surface area contributed by atoms with Gasteiger partial charge in [-0.1, -0.05) is 0 Å². The summed E-state index contributed by atoms with van der Waals surface area (Å²) in [5.41, 5.74) is 5.74. The van der Waals surface area contributed by atoms with E-state index in [9.17, 15) is 14.4 Å². The van der Waals surface area contributed by atoms with Gasteiger partial charge in [0.1, 0.15) is 11.5 Å². The van der Waals surface area contributed by atoms with E-state index in [-0.39, 0.29) is 30.8 Å². The standard InChI is InChI=1S/C15H22N4O4/c1-10-7-12(11(2)23-10)15(22)19-5-3-18(4-6-19)14(21)9-17-13(20)8-16/h7H,3-6,8-9,16H2,1-2H3,(H,17,20). The number of nitrogens with one attached hydrogen (secondary N) is 1. The Bertz CT molecular complexity index is 603. The average Bonchev–Trinajstić information content (AvgIpc) is 2.90. The van der Waals surface area contributed by atoms with E-state index < -0.39 is 0 Å². The van der Waals surface area contributed by atoms with E-state index >= 15 is 0 Å². The van der Waals surface area contributed by atoms with Gasteiger partial charge in [-0.2, -0.15) is 0 Å². The molecule has 2 rings (SSSR count). The molecule has 2 heterocycles. The first kappa shape index (κ1) is 17.0. The Morgan fingerprint density at radius 1 is 1.17 bits per heavy atom. The number of rotatable bonds is 4. The molecule has 8 nitrogen and oxygen atoms in total. The molecule has 1 aromatic rings. The molecule has 0 spiro atoms. The molecule has 1 aliphatic rings. The molecule has 1 saturated heterocycles. The second kappa shape index (κ2) is 7.28. The lowest BCUT2D eigenvalue weighted by atomic mass is 10.2. The van der Waals surface area contributed by atoms with Crippen LogP contribution in [0, 0.1) is 13.8 Å². The molecule has 0 aromatic carbocycles. The molecule has 0 atom stereocenters. The van der Waals surface area contributed by atoms with E-state index in [0.29, 0.717) is 43.3 Å². The van der Waals surface area contributed by atoms with Crippen LogP contribution in [-0.2, 0) is 9.59 Å². The molecular weight excluding hydrogens is 300 g/mol. The second-order valence-electron chi connectivity index (χ2n) is 5.48. The van der Waals surface area contributed by atoms with Crippen LogP contribution in [0.15, 0.2) is 10.5 Å². The predicted molar refractivity (Wildman–Crippen MR) is 82.7 cm³/mol. The maximum Gasteiger partial charge on any atom is 0.257 e. The van der Waals surface area contributed by atoms with Gasteiger partial charge in [0, 0.05) is 26.2 Å². The lowest BCUT2D eigenvalue weighted by molar-refractivity contribution is -0.133. The molecule has 0 radical (unpaired) electrons. The summed E-state index contributed by atoms with van der Waals surface area (Å²) >= 11 is 0. The van der Waals surface area contributed by atoms with E-state index in [1.54, 1.807) is 29.7 Å². The number of carbonyl (C=O) groups is 3. The quantitative estimate of drug-likeness (QED) is 0.758. The Labute approximate surface area is 134 Å². The van der Waals surface area contributed by atoms with Gasteiger partial charge in [-0.3, -0.25) is 14.4 Å². The Balaban J connectivity index is 1.86. The van der Waals surface area contributed by atoms with Gasteiger partial charge >= 0.3 is 0 Å². The van der Waals surface area contributed by atoms with E-state index in [0.717, 1.165) is 0 Å². The van der Waals surface area contributed by atoms with Gasteiger partial charge in [-0.25, -0.2) is 0 Å². The fourth-order valence-electron chi connectivity index (χ4n) is 2.53. The molecule has 0 unspecified atom stereocenters. The molecule has 126 valence electrons. The number of furan rings is 1. The van der Waals surface area contributed by atoms with Crippen LogP contribution in [-0.4, -0.2) is 66.8 Å². The lowest BCUT2D eigenvalue weighted by Gasteiger charge is -2.34. The van der Waals surface area contributed by atoms with Crippen molar-refractivity contribution in [2.75, 3.05) is 39.3 Å². The maximum absolute atomic E-state index is 12.5. The third kappa shape index (κ3) is 4.10. The third-order valence-electron chi connectivity index (χ3n) is 3.81. The average molecular weight is 322 g/mol. The summed E-state index contributed by atoms with van der Waals surface area (Å²) in [6, 6.07) is 1.73. The number of carbonyl (C=O) groups excluding carboxylic acids is 3. The van der Waals surface area contributed by atoms with Gasteiger partial charge in [0.25, 0.3) is 5.91 Å². The molecule has 1 aliphatic heterocycles. The fourth-order valence-corrected chi connectivity index (χ4v) is 2.53. The van der Waals surface area contributed by atoms with Gasteiger partial charge in [0.15, 0.2) is 0 Å². The van der Waals surface area contributed by atoms with Crippen LogP contribution in [0.3, 0.4) is 0 Å². The normalized spacial score (nSPS) is 14.7. The first-order chi connectivity index (χ1) is 10.9. The van der Waals surface area contributed by atoms with Crippen molar-refractivity contribution in [1.82, 2.24) is 15.1 Å². The van der Waals surface area contributed by atoms with Crippen molar-refractivity contribution in [2.24, 2.45) is 5.73 Å². The SMILES string of the molecule is Cc1cc(C(=O)N2CCN(C(=O)CNC(=O)CN)CC2)c(C)o1. The van der Waals surface area contributed by atoms with E-state index in [1.807, 2.05) is 0 Å². The van der Waals surface area contributed by atoms with Gasteiger partial charge < -0.3 is 25.3 Å². The topological polar surface area (TPSA) is 109 Å². The summed E-state index contributed by atoms with van der Waals surface area (Å²) in [6.07, 6.45) is 0. The van der Waals surface area contributed by atoms with Gasteiger partial charge in [-0.15, -0.1) is 0 Å². The number of hydrogen-bond donors (Lipinski definition) is 2. The van der Waals surface area contributed by atoms with E-state index in [1.165, 1.54) is 0 Å². The largest absolute Gasteiger partial charge is 0.466 e. The van der Waals surface area contributed by atoms with Gasteiger partial charge in [0.2, 0.25) is 11.8 Å². The predicted octanol–water partition coefficient (Wildman–Crippen LogP) is -0.744. The monoisotopic (exact) mass is 322 g/mol. The first-order valence-electron chi connectivity index (χ1n) is 7.53. The molecule has 0 aliphatic carbocycles. The molecule has 3 amide bonds. The zero-order chi connectivity index (χ0) is 17.0. The Hall–Kier alpha value is -2.35. The summed E-state index contributed by atoms with van der Waals surface area (Å²) in [5, 5.41) is 2.45. The van der Waals surface area contributed by atoms with Crippen LogP contribution in [0.4, 0.5) is 0 Å². The number of aryl methyl sites for hydroxylation is 2. The van der Waals surface area contributed by atoms with Crippen molar-refractivity contribution >= 4 is 17.7 Å². The third-order valence-corrected chi connectivity index (χ3v) is 3.81. The minimum Gasteiger partial charge on any atom is -0.466 e. The van der Waals surface area contributed by atoms with Crippen LogP contribution in [0.1, 0.15) is 21.9 Å². The molecule has 3 N–H and O–H groups in total. The maximum atomic E-state index is 12.5. The Morgan fingerprint density at radius 2 is 1.78 bits per heavy atom. The van der Waals surface area contributed by atoms with Gasteiger partial charge in [-0.05, 0) is 19.9 Å². The highest BCUT2D eigenvalue weighted by Crippen LogP contribution is 2.17. The highest BCUT2D eigenvalue weighted by molar-refractivity contribution is 5.95.